The van der Waals surface area contributed by atoms with Crippen LogP contribution >= 0.6 is 22.9 Å². The zero-order valence-electron chi connectivity index (χ0n) is 17.7. The fraction of sp³-hybridized carbons (Fsp3) is 0.0833. The molecule has 5 aromatic rings. The van der Waals surface area contributed by atoms with Crippen molar-refractivity contribution in [1.82, 2.24) is 19.8 Å². The molecule has 0 aliphatic carbocycles. The molecule has 9 heteroatoms. The number of carbonyl (C=O) groups is 1. The first-order chi connectivity index (χ1) is 16.0. The Morgan fingerprint density at radius 1 is 1.12 bits per heavy atom. The van der Waals surface area contributed by atoms with Crippen LogP contribution in [-0.2, 0) is 4.79 Å². The van der Waals surface area contributed by atoms with Gasteiger partial charge in [-0.15, -0.1) is 10.2 Å². The largest absolute Gasteiger partial charge is 0.457 e. The van der Waals surface area contributed by atoms with E-state index in [1.807, 2.05) is 68.4 Å². The molecule has 33 heavy (non-hydrogen) atoms. The summed E-state index contributed by atoms with van der Waals surface area (Å²) in [5, 5.41) is 17.0. The van der Waals surface area contributed by atoms with Gasteiger partial charge >= 0.3 is 0 Å². The minimum absolute atomic E-state index is 0.280. The molecule has 1 N–H and O–H groups in total. The van der Waals surface area contributed by atoms with Crippen molar-refractivity contribution in [3.8, 4) is 21.9 Å². The highest BCUT2D eigenvalue weighted by atomic mass is 35.5. The lowest BCUT2D eigenvalue weighted by Gasteiger charge is -2.07. The van der Waals surface area contributed by atoms with E-state index in [-0.39, 0.29) is 5.91 Å². The molecule has 0 bridgehead atoms. The summed E-state index contributed by atoms with van der Waals surface area (Å²) in [7, 11) is 0. The Labute approximate surface area is 198 Å². The maximum absolute atomic E-state index is 12.6. The van der Waals surface area contributed by atoms with Crippen LogP contribution in [0, 0.1) is 13.8 Å². The lowest BCUT2D eigenvalue weighted by molar-refractivity contribution is -0.111. The average Bonchev–Trinajstić information content (AvgIpc) is 3.53. The normalized spacial score (nSPS) is 11.5. The predicted octanol–water partition coefficient (Wildman–Crippen LogP) is 6.03. The molecule has 0 spiro atoms. The number of halogens is 1. The Hall–Kier alpha value is -3.75. The number of aryl methyl sites for hydroxylation is 2. The van der Waals surface area contributed by atoms with Crippen LogP contribution in [-0.4, -0.2) is 25.7 Å². The second-order valence-corrected chi connectivity index (χ2v) is 8.75. The summed E-state index contributed by atoms with van der Waals surface area (Å²) in [5.41, 5.74) is 3.35. The van der Waals surface area contributed by atoms with Gasteiger partial charge in [0.05, 0.1) is 5.69 Å². The van der Waals surface area contributed by atoms with E-state index >= 15 is 0 Å². The summed E-state index contributed by atoms with van der Waals surface area (Å²) >= 11 is 7.62. The van der Waals surface area contributed by atoms with Crippen LogP contribution in [0.2, 0.25) is 5.02 Å². The van der Waals surface area contributed by atoms with Crippen LogP contribution in [0.25, 0.3) is 32.9 Å². The van der Waals surface area contributed by atoms with Gasteiger partial charge in [0.2, 0.25) is 10.9 Å². The molecule has 3 aromatic heterocycles. The molecule has 164 valence electrons. The molecule has 2 aromatic carbocycles. The summed E-state index contributed by atoms with van der Waals surface area (Å²) < 4.78 is 7.53. The highest BCUT2D eigenvalue weighted by molar-refractivity contribution is 7.19. The number of para-hydroxylation sites is 1. The molecule has 0 aliphatic heterocycles. The Bertz CT molecular complexity index is 1510. The van der Waals surface area contributed by atoms with Gasteiger partial charge in [0.25, 0.3) is 0 Å². The van der Waals surface area contributed by atoms with Crippen molar-refractivity contribution < 1.29 is 9.21 Å². The molecule has 0 saturated heterocycles. The van der Waals surface area contributed by atoms with Crippen molar-refractivity contribution in [1.29, 1.82) is 0 Å². The van der Waals surface area contributed by atoms with Crippen molar-refractivity contribution in [3.63, 3.8) is 0 Å². The molecule has 0 unspecified atom stereocenters. The molecule has 0 fully saturated rings. The molecule has 3 heterocycles. The van der Waals surface area contributed by atoms with E-state index in [2.05, 4.69) is 20.6 Å². The maximum atomic E-state index is 12.6. The van der Waals surface area contributed by atoms with Gasteiger partial charge in [-0.05, 0) is 55.8 Å². The molecule has 0 atom stereocenters. The molecule has 0 radical (unpaired) electrons. The van der Waals surface area contributed by atoms with Gasteiger partial charge in [0.15, 0.2) is 5.82 Å². The third-order valence-corrected chi connectivity index (χ3v) is 6.38. The Kier molecular flexibility index (Phi) is 5.53. The molecule has 0 aliphatic rings. The number of carbonyl (C=O) groups excluding carboxylic acids is 1. The predicted molar refractivity (Wildman–Crippen MR) is 130 cm³/mol. The highest BCUT2D eigenvalue weighted by Gasteiger charge is 2.14. The SMILES string of the molecule is Cc1ccc(-c2ccc(/C=C/C(=O)Nc3ccccc3-c3nn4c(C)nnc4s3)o2)cc1Cl. The number of furan rings is 1. The molecular weight excluding hydrogens is 458 g/mol. The van der Waals surface area contributed by atoms with E-state index in [1.165, 1.54) is 17.4 Å². The first kappa shape index (κ1) is 21.1. The lowest BCUT2D eigenvalue weighted by Crippen LogP contribution is -2.08. The van der Waals surface area contributed by atoms with Crippen molar-refractivity contribution in [2.45, 2.75) is 13.8 Å². The number of benzene rings is 2. The second kappa shape index (κ2) is 8.65. The zero-order valence-corrected chi connectivity index (χ0v) is 19.3. The van der Waals surface area contributed by atoms with Crippen LogP contribution < -0.4 is 5.32 Å². The number of amides is 1. The fourth-order valence-electron chi connectivity index (χ4n) is 3.28. The number of hydrogen-bond acceptors (Lipinski definition) is 6. The first-order valence-corrected chi connectivity index (χ1v) is 11.3. The number of rotatable bonds is 5. The van der Waals surface area contributed by atoms with E-state index in [0.717, 1.165) is 21.7 Å². The van der Waals surface area contributed by atoms with Crippen molar-refractivity contribution in [2.75, 3.05) is 5.32 Å². The monoisotopic (exact) mass is 475 g/mol. The van der Waals surface area contributed by atoms with Gasteiger partial charge in [0, 0.05) is 22.2 Å². The Balaban J connectivity index is 1.33. The summed E-state index contributed by atoms with van der Waals surface area (Å²) in [6.45, 7) is 3.79. The number of anilines is 1. The second-order valence-electron chi connectivity index (χ2n) is 7.38. The van der Waals surface area contributed by atoms with Gasteiger partial charge in [-0.2, -0.15) is 9.61 Å². The van der Waals surface area contributed by atoms with Crippen LogP contribution in [0.15, 0.2) is 65.1 Å². The van der Waals surface area contributed by atoms with E-state index in [0.29, 0.717) is 33.0 Å². The maximum Gasteiger partial charge on any atom is 0.248 e. The van der Waals surface area contributed by atoms with Gasteiger partial charge < -0.3 is 9.73 Å². The van der Waals surface area contributed by atoms with Gasteiger partial charge in [-0.3, -0.25) is 4.79 Å². The zero-order chi connectivity index (χ0) is 22.9. The van der Waals surface area contributed by atoms with Gasteiger partial charge in [0.1, 0.15) is 16.5 Å². The quantitative estimate of drug-likeness (QED) is 0.313. The van der Waals surface area contributed by atoms with Crippen LogP contribution in [0.5, 0.6) is 0 Å². The number of fused-ring (bicyclic) bond motifs is 1. The van der Waals surface area contributed by atoms with E-state index in [4.69, 9.17) is 16.0 Å². The standard InChI is InChI=1S/C24H18ClN5O2S/c1-14-7-8-16(13-19(14)25)21-11-9-17(32-21)10-12-22(31)26-20-6-4-3-5-18(20)23-29-30-15(2)27-28-24(30)33-23/h3-13H,1-2H3,(H,26,31)/b12-10+. The molecule has 7 nitrogen and oxygen atoms in total. The summed E-state index contributed by atoms with van der Waals surface area (Å²) in [4.78, 5) is 13.3. The molecule has 1 amide bonds. The van der Waals surface area contributed by atoms with E-state index < -0.39 is 0 Å². The lowest BCUT2D eigenvalue weighted by atomic mass is 10.1. The minimum Gasteiger partial charge on any atom is -0.457 e. The molecule has 5 rings (SSSR count). The van der Waals surface area contributed by atoms with Crippen LogP contribution in [0.4, 0.5) is 5.69 Å². The Morgan fingerprint density at radius 2 is 1.97 bits per heavy atom. The molecule has 0 saturated carbocycles. The fourth-order valence-corrected chi connectivity index (χ4v) is 4.38. The summed E-state index contributed by atoms with van der Waals surface area (Å²) in [5.74, 6) is 1.68. The van der Waals surface area contributed by atoms with Crippen molar-refractivity contribution in [3.05, 3.63) is 82.8 Å². The van der Waals surface area contributed by atoms with Crippen molar-refractivity contribution in [2.24, 2.45) is 0 Å². The number of nitrogens with one attached hydrogen (secondary N) is 1. The minimum atomic E-state index is -0.280. The highest BCUT2D eigenvalue weighted by Crippen LogP contribution is 2.31. The van der Waals surface area contributed by atoms with E-state index in [9.17, 15) is 4.79 Å². The molecular formula is C24H18ClN5O2S. The average molecular weight is 476 g/mol. The third-order valence-electron chi connectivity index (χ3n) is 5.04. The first-order valence-electron chi connectivity index (χ1n) is 10.1. The smallest absolute Gasteiger partial charge is 0.248 e. The van der Waals surface area contributed by atoms with Crippen LogP contribution in [0.1, 0.15) is 17.1 Å². The van der Waals surface area contributed by atoms with Crippen LogP contribution in [0.3, 0.4) is 0 Å². The Morgan fingerprint density at radius 3 is 2.79 bits per heavy atom. The topological polar surface area (TPSA) is 85.3 Å². The summed E-state index contributed by atoms with van der Waals surface area (Å²) in [6, 6.07) is 16.9. The third kappa shape index (κ3) is 4.30. The van der Waals surface area contributed by atoms with E-state index in [1.54, 1.807) is 10.6 Å². The number of hydrogen-bond donors (Lipinski definition) is 1. The van der Waals surface area contributed by atoms with Gasteiger partial charge in [-0.25, -0.2) is 0 Å². The number of aromatic nitrogens is 4. The van der Waals surface area contributed by atoms with Crippen molar-refractivity contribution >= 4 is 45.6 Å². The summed E-state index contributed by atoms with van der Waals surface area (Å²) in [6.07, 6.45) is 3.06. The van der Waals surface area contributed by atoms with Gasteiger partial charge in [-0.1, -0.05) is 47.2 Å². The number of nitrogens with zero attached hydrogens (tertiary/aromatic N) is 4.